The number of hydrogen-bond acceptors (Lipinski definition) is 3. The first-order valence-electron chi connectivity index (χ1n) is 9.07. The van der Waals surface area contributed by atoms with Gasteiger partial charge in [0.15, 0.2) is 0 Å². The standard InChI is InChI=1S/C21H25N3O2/c1-14-6-8-24(9-7-14)21(26)18-11-17(12-22-13-18)20(25)23-19-5-4-15(2)16(3)10-19/h4-5,10-14H,6-9H2,1-3H3,(H,23,25). The van der Waals surface area contributed by atoms with Gasteiger partial charge in [0, 0.05) is 31.2 Å². The maximum Gasteiger partial charge on any atom is 0.257 e. The quantitative estimate of drug-likeness (QED) is 0.914. The molecule has 1 N–H and O–H groups in total. The minimum Gasteiger partial charge on any atom is -0.339 e. The van der Waals surface area contributed by atoms with Crippen LogP contribution in [-0.4, -0.2) is 34.8 Å². The summed E-state index contributed by atoms with van der Waals surface area (Å²) in [5.74, 6) is 0.347. The van der Waals surface area contributed by atoms with Crippen LogP contribution in [0, 0.1) is 19.8 Å². The number of carbonyl (C=O) groups excluding carboxylic acids is 2. The van der Waals surface area contributed by atoms with Gasteiger partial charge >= 0.3 is 0 Å². The zero-order valence-corrected chi connectivity index (χ0v) is 15.6. The second kappa shape index (κ2) is 7.68. The number of piperidine rings is 1. The van der Waals surface area contributed by atoms with Gasteiger partial charge in [0.05, 0.1) is 11.1 Å². The van der Waals surface area contributed by atoms with E-state index < -0.39 is 0 Å². The van der Waals surface area contributed by atoms with E-state index in [9.17, 15) is 9.59 Å². The van der Waals surface area contributed by atoms with Crippen molar-refractivity contribution in [3.05, 3.63) is 58.9 Å². The van der Waals surface area contributed by atoms with Crippen LogP contribution >= 0.6 is 0 Å². The number of nitrogens with zero attached hydrogens (tertiary/aromatic N) is 2. The average Bonchev–Trinajstić information content (AvgIpc) is 2.65. The van der Waals surface area contributed by atoms with Crippen molar-refractivity contribution in [3.63, 3.8) is 0 Å². The van der Waals surface area contributed by atoms with Crippen LogP contribution in [-0.2, 0) is 0 Å². The molecule has 0 bridgehead atoms. The monoisotopic (exact) mass is 351 g/mol. The summed E-state index contributed by atoms with van der Waals surface area (Å²) in [5, 5.41) is 2.87. The van der Waals surface area contributed by atoms with Crippen molar-refractivity contribution in [2.24, 2.45) is 5.92 Å². The molecule has 26 heavy (non-hydrogen) atoms. The molecular formula is C21H25N3O2. The summed E-state index contributed by atoms with van der Waals surface area (Å²) < 4.78 is 0. The van der Waals surface area contributed by atoms with E-state index in [0.717, 1.165) is 37.2 Å². The Morgan fingerprint density at radius 2 is 1.73 bits per heavy atom. The van der Waals surface area contributed by atoms with Crippen LogP contribution in [0.3, 0.4) is 0 Å². The zero-order chi connectivity index (χ0) is 18.7. The highest BCUT2D eigenvalue weighted by molar-refractivity contribution is 6.05. The lowest BCUT2D eigenvalue weighted by molar-refractivity contribution is 0.0697. The molecule has 5 heteroatoms. The number of anilines is 1. The Labute approximate surface area is 154 Å². The van der Waals surface area contributed by atoms with Crippen LogP contribution in [0.15, 0.2) is 36.7 Å². The van der Waals surface area contributed by atoms with E-state index in [1.165, 1.54) is 18.0 Å². The number of nitrogens with one attached hydrogen (secondary N) is 1. The van der Waals surface area contributed by atoms with Crippen LogP contribution in [0.5, 0.6) is 0 Å². The number of benzene rings is 1. The largest absolute Gasteiger partial charge is 0.339 e. The normalized spacial score (nSPS) is 15.0. The fourth-order valence-electron chi connectivity index (χ4n) is 3.10. The molecule has 0 atom stereocenters. The van der Waals surface area contributed by atoms with Gasteiger partial charge in [0.2, 0.25) is 0 Å². The number of amides is 2. The number of likely N-dealkylation sites (tertiary alicyclic amines) is 1. The van der Waals surface area contributed by atoms with Crippen molar-refractivity contribution in [3.8, 4) is 0 Å². The first-order chi connectivity index (χ1) is 12.4. The highest BCUT2D eigenvalue weighted by Gasteiger charge is 2.22. The Bertz CT molecular complexity index is 824. The zero-order valence-electron chi connectivity index (χ0n) is 15.6. The Hall–Kier alpha value is -2.69. The summed E-state index contributed by atoms with van der Waals surface area (Å²) >= 11 is 0. The molecule has 0 unspecified atom stereocenters. The first kappa shape index (κ1) is 18.1. The van der Waals surface area contributed by atoms with E-state index in [1.807, 2.05) is 36.9 Å². The van der Waals surface area contributed by atoms with Crippen LogP contribution in [0.25, 0.3) is 0 Å². The van der Waals surface area contributed by atoms with Gasteiger partial charge in [-0.1, -0.05) is 13.0 Å². The summed E-state index contributed by atoms with van der Waals surface area (Å²) in [5.41, 5.74) is 3.88. The van der Waals surface area contributed by atoms with Gasteiger partial charge < -0.3 is 10.2 Å². The minimum absolute atomic E-state index is 0.0507. The van der Waals surface area contributed by atoms with Gasteiger partial charge in [-0.2, -0.15) is 0 Å². The molecule has 0 spiro atoms. The van der Waals surface area contributed by atoms with E-state index in [-0.39, 0.29) is 11.8 Å². The molecule has 2 heterocycles. The third kappa shape index (κ3) is 4.10. The van der Waals surface area contributed by atoms with Crippen molar-refractivity contribution in [2.75, 3.05) is 18.4 Å². The van der Waals surface area contributed by atoms with Crippen LogP contribution in [0.4, 0.5) is 5.69 Å². The van der Waals surface area contributed by atoms with Crippen molar-refractivity contribution in [1.29, 1.82) is 0 Å². The third-order valence-electron chi connectivity index (χ3n) is 5.08. The molecule has 1 aromatic carbocycles. The first-order valence-corrected chi connectivity index (χ1v) is 9.07. The van der Waals surface area contributed by atoms with E-state index in [4.69, 9.17) is 0 Å². The van der Waals surface area contributed by atoms with Gasteiger partial charge in [-0.25, -0.2) is 0 Å². The van der Waals surface area contributed by atoms with Gasteiger partial charge in [0.1, 0.15) is 0 Å². The maximum absolute atomic E-state index is 12.7. The predicted molar refractivity (Wildman–Crippen MR) is 102 cm³/mol. The number of carbonyl (C=O) groups is 2. The number of aryl methyl sites for hydroxylation is 2. The molecule has 136 valence electrons. The Balaban J connectivity index is 1.72. The maximum atomic E-state index is 12.7. The fourth-order valence-corrected chi connectivity index (χ4v) is 3.10. The predicted octanol–water partition coefficient (Wildman–Crippen LogP) is 3.82. The summed E-state index contributed by atoms with van der Waals surface area (Å²) in [6.07, 6.45) is 5.07. The SMILES string of the molecule is Cc1ccc(NC(=O)c2cncc(C(=O)N3CCC(C)CC3)c2)cc1C. The number of hydrogen-bond donors (Lipinski definition) is 1. The van der Waals surface area contributed by atoms with Crippen molar-refractivity contribution >= 4 is 17.5 Å². The fraction of sp³-hybridized carbons (Fsp3) is 0.381. The lowest BCUT2D eigenvalue weighted by Gasteiger charge is -2.30. The van der Waals surface area contributed by atoms with E-state index >= 15 is 0 Å². The number of pyridine rings is 1. The number of aromatic nitrogens is 1. The van der Waals surface area contributed by atoms with Crippen molar-refractivity contribution < 1.29 is 9.59 Å². The summed E-state index contributed by atoms with van der Waals surface area (Å²) in [7, 11) is 0. The average molecular weight is 351 g/mol. The summed E-state index contributed by atoms with van der Waals surface area (Å²) in [6.45, 7) is 7.77. The molecule has 2 aromatic rings. The van der Waals surface area contributed by atoms with Gasteiger partial charge in [-0.05, 0) is 61.9 Å². The molecule has 2 amide bonds. The second-order valence-electron chi connectivity index (χ2n) is 7.19. The van der Waals surface area contributed by atoms with Gasteiger partial charge in [0.25, 0.3) is 11.8 Å². The Morgan fingerprint density at radius 1 is 1.04 bits per heavy atom. The lowest BCUT2D eigenvalue weighted by atomic mass is 9.98. The summed E-state index contributed by atoms with van der Waals surface area (Å²) in [4.78, 5) is 31.2. The number of rotatable bonds is 3. The molecule has 3 rings (SSSR count). The van der Waals surface area contributed by atoms with E-state index in [0.29, 0.717) is 17.0 Å². The molecule has 0 radical (unpaired) electrons. The van der Waals surface area contributed by atoms with Crippen molar-refractivity contribution in [2.45, 2.75) is 33.6 Å². The molecule has 0 aliphatic carbocycles. The molecule has 1 saturated heterocycles. The topological polar surface area (TPSA) is 62.3 Å². The smallest absolute Gasteiger partial charge is 0.257 e. The molecule has 1 aliphatic rings. The van der Waals surface area contributed by atoms with Crippen molar-refractivity contribution in [1.82, 2.24) is 9.88 Å². The molecular weight excluding hydrogens is 326 g/mol. The molecule has 1 aromatic heterocycles. The highest BCUT2D eigenvalue weighted by atomic mass is 16.2. The van der Waals surface area contributed by atoms with E-state index in [1.54, 1.807) is 6.07 Å². The molecule has 5 nitrogen and oxygen atoms in total. The molecule has 1 fully saturated rings. The van der Waals surface area contributed by atoms with Crippen LogP contribution in [0.2, 0.25) is 0 Å². The molecule has 1 aliphatic heterocycles. The minimum atomic E-state index is -0.261. The third-order valence-corrected chi connectivity index (χ3v) is 5.08. The highest BCUT2D eigenvalue weighted by Crippen LogP contribution is 2.19. The second-order valence-corrected chi connectivity index (χ2v) is 7.19. The van der Waals surface area contributed by atoms with Crippen LogP contribution in [0.1, 0.15) is 51.6 Å². The Morgan fingerprint density at radius 3 is 2.42 bits per heavy atom. The molecule has 0 saturated carbocycles. The van der Waals surface area contributed by atoms with Gasteiger partial charge in [-0.15, -0.1) is 0 Å². The van der Waals surface area contributed by atoms with Gasteiger partial charge in [-0.3, -0.25) is 14.6 Å². The lowest BCUT2D eigenvalue weighted by Crippen LogP contribution is -2.38. The van der Waals surface area contributed by atoms with Crippen LogP contribution < -0.4 is 5.32 Å². The summed E-state index contributed by atoms with van der Waals surface area (Å²) in [6, 6.07) is 7.41. The Kier molecular flexibility index (Phi) is 5.35. The van der Waals surface area contributed by atoms with E-state index in [2.05, 4.69) is 17.2 Å².